The highest BCUT2D eigenvalue weighted by Gasteiger charge is 2.16. The topological polar surface area (TPSA) is 49.8 Å². The van der Waals surface area contributed by atoms with Crippen LogP contribution in [-0.2, 0) is 0 Å². The summed E-state index contributed by atoms with van der Waals surface area (Å²) in [5.74, 6) is 2.36. The standard InChI is InChI=1S/C13H23BrN4/c1-5-10(6-2)9(4)18-13-11(14)12(15-7-3)16-8-17-13/h8-10H,5-7H2,1-4H3,(H2,15,16,17,18). The largest absolute Gasteiger partial charge is 0.369 e. The molecule has 0 spiro atoms. The van der Waals surface area contributed by atoms with E-state index in [1.807, 2.05) is 0 Å². The molecule has 0 aliphatic rings. The van der Waals surface area contributed by atoms with E-state index in [2.05, 4.69) is 64.2 Å². The monoisotopic (exact) mass is 314 g/mol. The molecular weight excluding hydrogens is 292 g/mol. The van der Waals surface area contributed by atoms with Crippen LogP contribution in [0, 0.1) is 5.92 Å². The first-order valence-corrected chi connectivity index (χ1v) is 7.44. The molecule has 1 rings (SSSR count). The number of nitrogens with one attached hydrogen (secondary N) is 2. The molecule has 1 unspecified atom stereocenters. The highest BCUT2D eigenvalue weighted by molar-refractivity contribution is 9.10. The Morgan fingerprint density at radius 2 is 1.78 bits per heavy atom. The van der Waals surface area contributed by atoms with Gasteiger partial charge < -0.3 is 10.6 Å². The second-order valence-corrected chi connectivity index (χ2v) is 5.22. The molecule has 4 nitrogen and oxygen atoms in total. The average Bonchev–Trinajstić information content (AvgIpc) is 2.36. The summed E-state index contributed by atoms with van der Waals surface area (Å²) in [4.78, 5) is 8.52. The molecule has 102 valence electrons. The number of aromatic nitrogens is 2. The summed E-state index contributed by atoms with van der Waals surface area (Å²) in [5.41, 5.74) is 0. The van der Waals surface area contributed by atoms with Crippen LogP contribution < -0.4 is 10.6 Å². The highest BCUT2D eigenvalue weighted by Crippen LogP contribution is 2.28. The smallest absolute Gasteiger partial charge is 0.146 e. The number of hydrogen-bond donors (Lipinski definition) is 2. The van der Waals surface area contributed by atoms with Gasteiger partial charge in [-0.2, -0.15) is 0 Å². The maximum absolute atomic E-state index is 4.30. The van der Waals surface area contributed by atoms with Gasteiger partial charge in [0.25, 0.3) is 0 Å². The van der Waals surface area contributed by atoms with Gasteiger partial charge in [0.2, 0.25) is 0 Å². The van der Waals surface area contributed by atoms with Crippen LogP contribution in [0.1, 0.15) is 40.5 Å². The van der Waals surface area contributed by atoms with Crippen LogP contribution in [0.3, 0.4) is 0 Å². The van der Waals surface area contributed by atoms with Crippen LogP contribution in [0.25, 0.3) is 0 Å². The zero-order valence-corrected chi connectivity index (χ0v) is 13.2. The summed E-state index contributed by atoms with van der Waals surface area (Å²) < 4.78 is 0.907. The minimum atomic E-state index is 0.403. The molecule has 1 aromatic rings. The molecular formula is C13H23BrN4. The van der Waals surface area contributed by atoms with Crippen LogP contribution in [0.4, 0.5) is 11.6 Å². The molecule has 5 heteroatoms. The maximum atomic E-state index is 4.30. The number of hydrogen-bond acceptors (Lipinski definition) is 4. The van der Waals surface area contributed by atoms with Gasteiger partial charge in [0.15, 0.2) is 0 Å². The van der Waals surface area contributed by atoms with Crippen molar-refractivity contribution < 1.29 is 0 Å². The van der Waals surface area contributed by atoms with Gasteiger partial charge in [0.1, 0.15) is 22.4 Å². The lowest BCUT2D eigenvalue weighted by atomic mass is 9.95. The minimum Gasteiger partial charge on any atom is -0.369 e. The Bertz CT molecular complexity index is 366. The fourth-order valence-corrected chi connectivity index (χ4v) is 2.55. The summed E-state index contributed by atoms with van der Waals surface area (Å²) in [6.07, 6.45) is 3.94. The van der Waals surface area contributed by atoms with Crippen LogP contribution >= 0.6 is 15.9 Å². The predicted molar refractivity (Wildman–Crippen MR) is 81.1 cm³/mol. The first kappa shape index (κ1) is 15.2. The first-order chi connectivity index (χ1) is 8.63. The van der Waals surface area contributed by atoms with Gasteiger partial charge in [0.05, 0.1) is 0 Å². The molecule has 0 saturated heterocycles. The number of anilines is 2. The third kappa shape index (κ3) is 3.83. The number of nitrogens with zero attached hydrogens (tertiary/aromatic N) is 2. The van der Waals surface area contributed by atoms with Crippen molar-refractivity contribution in [2.24, 2.45) is 5.92 Å². The van der Waals surface area contributed by atoms with Crippen molar-refractivity contribution in [1.82, 2.24) is 9.97 Å². The van der Waals surface area contributed by atoms with Gasteiger partial charge in [-0.25, -0.2) is 9.97 Å². The van der Waals surface area contributed by atoms with E-state index in [0.29, 0.717) is 12.0 Å². The number of rotatable bonds is 7. The Morgan fingerprint density at radius 3 is 2.33 bits per heavy atom. The molecule has 2 N–H and O–H groups in total. The van der Waals surface area contributed by atoms with Gasteiger partial charge in [-0.05, 0) is 35.7 Å². The van der Waals surface area contributed by atoms with Gasteiger partial charge in [0, 0.05) is 12.6 Å². The Labute approximate surface area is 118 Å². The van der Waals surface area contributed by atoms with Crippen LogP contribution in [0.2, 0.25) is 0 Å². The Kier molecular flexibility index (Phi) is 6.39. The van der Waals surface area contributed by atoms with Gasteiger partial charge >= 0.3 is 0 Å². The fourth-order valence-electron chi connectivity index (χ4n) is 2.09. The molecule has 0 saturated carbocycles. The zero-order valence-electron chi connectivity index (χ0n) is 11.6. The molecule has 1 heterocycles. The molecule has 0 amide bonds. The van der Waals surface area contributed by atoms with Gasteiger partial charge in [-0.1, -0.05) is 26.7 Å². The molecule has 0 radical (unpaired) electrons. The lowest BCUT2D eigenvalue weighted by Crippen LogP contribution is -2.26. The molecule has 0 aromatic carbocycles. The molecule has 0 aliphatic heterocycles. The van der Waals surface area contributed by atoms with E-state index in [0.717, 1.165) is 22.7 Å². The van der Waals surface area contributed by atoms with Crippen LogP contribution in [-0.4, -0.2) is 22.6 Å². The lowest BCUT2D eigenvalue weighted by Gasteiger charge is -2.23. The van der Waals surface area contributed by atoms with Crippen LogP contribution in [0.15, 0.2) is 10.8 Å². The maximum Gasteiger partial charge on any atom is 0.146 e. The summed E-state index contributed by atoms with van der Waals surface area (Å²) in [6, 6.07) is 0.403. The first-order valence-electron chi connectivity index (χ1n) is 6.64. The molecule has 0 bridgehead atoms. The van der Waals surface area contributed by atoms with Crippen LogP contribution in [0.5, 0.6) is 0 Å². The second kappa shape index (κ2) is 7.56. The third-order valence-electron chi connectivity index (χ3n) is 3.25. The van der Waals surface area contributed by atoms with Gasteiger partial charge in [-0.3, -0.25) is 0 Å². The van der Waals surface area contributed by atoms with Crippen molar-refractivity contribution in [3.63, 3.8) is 0 Å². The van der Waals surface area contributed by atoms with E-state index in [4.69, 9.17) is 0 Å². The van der Waals surface area contributed by atoms with Crippen molar-refractivity contribution in [3.05, 3.63) is 10.8 Å². The van der Waals surface area contributed by atoms with Crippen molar-refractivity contribution >= 4 is 27.6 Å². The SMILES string of the molecule is CCNc1ncnc(NC(C)C(CC)CC)c1Br. The van der Waals surface area contributed by atoms with Crippen molar-refractivity contribution in [2.45, 2.75) is 46.6 Å². The molecule has 0 aliphatic carbocycles. The summed E-state index contributed by atoms with van der Waals surface area (Å²) in [5, 5.41) is 6.68. The summed E-state index contributed by atoms with van der Waals surface area (Å²) in [6.45, 7) is 9.56. The molecule has 1 atom stereocenters. The normalized spacial score (nSPS) is 12.6. The third-order valence-corrected chi connectivity index (χ3v) is 4.01. The zero-order chi connectivity index (χ0) is 13.5. The Hall–Kier alpha value is -0.840. The number of halogens is 1. The Balaban J connectivity index is 2.81. The van der Waals surface area contributed by atoms with E-state index in [-0.39, 0.29) is 0 Å². The van der Waals surface area contributed by atoms with Crippen molar-refractivity contribution in [3.8, 4) is 0 Å². The van der Waals surface area contributed by atoms with E-state index in [9.17, 15) is 0 Å². The minimum absolute atomic E-state index is 0.403. The van der Waals surface area contributed by atoms with E-state index < -0.39 is 0 Å². The fraction of sp³-hybridized carbons (Fsp3) is 0.692. The molecule has 18 heavy (non-hydrogen) atoms. The average molecular weight is 315 g/mol. The summed E-state index contributed by atoms with van der Waals surface area (Å²) in [7, 11) is 0. The van der Waals surface area contributed by atoms with E-state index in [1.165, 1.54) is 12.8 Å². The Morgan fingerprint density at radius 1 is 1.17 bits per heavy atom. The summed E-state index contributed by atoms with van der Waals surface area (Å²) >= 11 is 3.55. The molecule has 1 aromatic heterocycles. The van der Waals surface area contributed by atoms with Crippen molar-refractivity contribution in [1.29, 1.82) is 0 Å². The predicted octanol–water partition coefficient (Wildman–Crippen LogP) is 3.91. The van der Waals surface area contributed by atoms with Crippen molar-refractivity contribution in [2.75, 3.05) is 17.2 Å². The van der Waals surface area contributed by atoms with E-state index in [1.54, 1.807) is 6.33 Å². The second-order valence-electron chi connectivity index (χ2n) is 4.42. The highest BCUT2D eigenvalue weighted by atomic mass is 79.9. The van der Waals surface area contributed by atoms with E-state index >= 15 is 0 Å². The van der Waals surface area contributed by atoms with Gasteiger partial charge in [-0.15, -0.1) is 0 Å². The lowest BCUT2D eigenvalue weighted by molar-refractivity contribution is 0.437. The quantitative estimate of drug-likeness (QED) is 0.801. The molecule has 0 fully saturated rings.